The van der Waals surface area contributed by atoms with Crippen molar-refractivity contribution in [2.24, 2.45) is 0 Å². The minimum Gasteiger partial charge on any atom is -0.339 e. The molecule has 1 N–H and O–H groups in total. The number of carbonyl (C=O) groups excluding carboxylic acids is 2. The molecule has 1 saturated heterocycles. The van der Waals surface area contributed by atoms with Crippen LogP contribution in [0.5, 0.6) is 0 Å². The Morgan fingerprint density at radius 2 is 1.24 bits per heavy atom. The summed E-state index contributed by atoms with van der Waals surface area (Å²) in [7, 11) is 0. The van der Waals surface area contributed by atoms with Crippen LogP contribution in [0.3, 0.4) is 0 Å². The summed E-state index contributed by atoms with van der Waals surface area (Å²) in [6, 6.07) is 26.7. The molecule has 146 valence electrons. The van der Waals surface area contributed by atoms with E-state index in [4.69, 9.17) is 0 Å². The third kappa shape index (κ3) is 4.21. The van der Waals surface area contributed by atoms with Crippen LogP contribution in [0, 0.1) is 0 Å². The predicted molar refractivity (Wildman–Crippen MR) is 115 cm³/mol. The van der Waals surface area contributed by atoms with E-state index < -0.39 is 5.92 Å². The maximum absolute atomic E-state index is 13.4. The monoisotopic (exact) mass is 384 g/mol. The highest BCUT2D eigenvalue weighted by Gasteiger charge is 2.26. The SMILES string of the molecule is O=C(Nc1ccccc1C(=O)N1CCCC1)C(c1ccccc1)c1ccccc1. The van der Waals surface area contributed by atoms with Gasteiger partial charge in [0.15, 0.2) is 0 Å². The molecule has 1 heterocycles. The summed E-state index contributed by atoms with van der Waals surface area (Å²) in [5.41, 5.74) is 2.94. The first kappa shape index (κ1) is 18.9. The lowest BCUT2D eigenvalue weighted by atomic mass is 9.90. The molecular weight excluding hydrogens is 360 g/mol. The van der Waals surface area contributed by atoms with Gasteiger partial charge in [-0.15, -0.1) is 0 Å². The highest BCUT2D eigenvalue weighted by atomic mass is 16.2. The van der Waals surface area contributed by atoms with E-state index in [2.05, 4.69) is 5.32 Å². The topological polar surface area (TPSA) is 49.4 Å². The van der Waals surface area contributed by atoms with Gasteiger partial charge in [-0.05, 0) is 36.1 Å². The number of amides is 2. The van der Waals surface area contributed by atoms with Crippen LogP contribution in [0.25, 0.3) is 0 Å². The molecule has 4 rings (SSSR count). The van der Waals surface area contributed by atoms with Crippen LogP contribution < -0.4 is 5.32 Å². The zero-order valence-electron chi connectivity index (χ0n) is 16.3. The molecule has 0 atom stereocenters. The number of carbonyl (C=O) groups is 2. The highest BCUT2D eigenvalue weighted by molar-refractivity contribution is 6.06. The Labute approximate surface area is 171 Å². The van der Waals surface area contributed by atoms with Gasteiger partial charge in [0.1, 0.15) is 0 Å². The number of anilines is 1. The summed E-state index contributed by atoms with van der Waals surface area (Å²) < 4.78 is 0. The first-order valence-corrected chi connectivity index (χ1v) is 10.0. The highest BCUT2D eigenvalue weighted by Crippen LogP contribution is 2.28. The van der Waals surface area contributed by atoms with Crippen LogP contribution in [0.4, 0.5) is 5.69 Å². The zero-order chi connectivity index (χ0) is 20.1. The molecule has 0 unspecified atom stereocenters. The van der Waals surface area contributed by atoms with Gasteiger partial charge >= 0.3 is 0 Å². The van der Waals surface area contributed by atoms with Crippen molar-refractivity contribution in [3.63, 3.8) is 0 Å². The van der Waals surface area contributed by atoms with E-state index in [1.54, 1.807) is 12.1 Å². The number of nitrogens with one attached hydrogen (secondary N) is 1. The predicted octanol–water partition coefficient (Wildman–Crippen LogP) is 4.69. The van der Waals surface area contributed by atoms with E-state index in [0.717, 1.165) is 37.1 Å². The van der Waals surface area contributed by atoms with Crippen molar-refractivity contribution >= 4 is 17.5 Å². The molecule has 3 aromatic rings. The second kappa shape index (κ2) is 8.74. The lowest BCUT2D eigenvalue weighted by Gasteiger charge is -2.21. The van der Waals surface area contributed by atoms with Gasteiger partial charge in [0.2, 0.25) is 5.91 Å². The first-order valence-electron chi connectivity index (χ1n) is 10.0. The van der Waals surface area contributed by atoms with Crippen LogP contribution in [0.1, 0.15) is 40.2 Å². The van der Waals surface area contributed by atoms with E-state index in [-0.39, 0.29) is 11.8 Å². The van der Waals surface area contributed by atoms with Crippen LogP contribution in [0.15, 0.2) is 84.9 Å². The smallest absolute Gasteiger partial charge is 0.255 e. The van der Waals surface area contributed by atoms with Crippen molar-refractivity contribution < 1.29 is 9.59 Å². The Bertz CT molecular complexity index is 940. The van der Waals surface area contributed by atoms with Crippen molar-refractivity contribution in [2.45, 2.75) is 18.8 Å². The van der Waals surface area contributed by atoms with Gasteiger partial charge in [-0.2, -0.15) is 0 Å². The van der Waals surface area contributed by atoms with Gasteiger partial charge in [-0.3, -0.25) is 9.59 Å². The molecule has 0 radical (unpaired) electrons. The van der Waals surface area contributed by atoms with E-state index in [1.165, 1.54) is 0 Å². The number of hydrogen-bond acceptors (Lipinski definition) is 2. The molecule has 0 spiro atoms. The van der Waals surface area contributed by atoms with Gasteiger partial charge in [-0.1, -0.05) is 72.8 Å². The van der Waals surface area contributed by atoms with Gasteiger partial charge in [0.25, 0.3) is 5.91 Å². The molecule has 3 aromatic carbocycles. The lowest BCUT2D eigenvalue weighted by Crippen LogP contribution is -2.29. The summed E-state index contributed by atoms with van der Waals surface area (Å²) in [6.45, 7) is 1.55. The second-order valence-electron chi connectivity index (χ2n) is 7.29. The van der Waals surface area contributed by atoms with Crippen LogP contribution in [-0.2, 0) is 4.79 Å². The second-order valence-corrected chi connectivity index (χ2v) is 7.29. The molecule has 2 amide bonds. The number of rotatable bonds is 5. The van der Waals surface area contributed by atoms with E-state index in [0.29, 0.717) is 11.3 Å². The molecule has 0 bridgehead atoms. The molecule has 29 heavy (non-hydrogen) atoms. The minimum absolute atomic E-state index is 0.0191. The standard InChI is InChI=1S/C25H24N2O2/c28-24(23(19-11-3-1-4-12-19)20-13-5-2-6-14-20)26-22-16-8-7-15-21(22)25(29)27-17-9-10-18-27/h1-8,11-16,23H,9-10,17-18H2,(H,26,28). The Morgan fingerprint density at radius 1 is 0.724 bits per heavy atom. The fourth-order valence-corrected chi connectivity index (χ4v) is 3.86. The van der Waals surface area contributed by atoms with Crippen LogP contribution >= 0.6 is 0 Å². The third-order valence-corrected chi connectivity index (χ3v) is 5.34. The number of hydrogen-bond donors (Lipinski definition) is 1. The Morgan fingerprint density at radius 3 is 1.83 bits per heavy atom. The molecule has 0 aromatic heterocycles. The average Bonchev–Trinajstić information content (AvgIpc) is 3.30. The normalized spacial score (nSPS) is 13.5. The molecular formula is C25H24N2O2. The van der Waals surface area contributed by atoms with Gasteiger partial charge < -0.3 is 10.2 Å². The Hall–Kier alpha value is -3.40. The van der Waals surface area contributed by atoms with Gasteiger partial charge in [-0.25, -0.2) is 0 Å². The van der Waals surface area contributed by atoms with Crippen molar-refractivity contribution in [3.05, 3.63) is 102 Å². The summed E-state index contributed by atoms with van der Waals surface area (Å²) in [5, 5.41) is 3.03. The molecule has 0 aliphatic carbocycles. The lowest BCUT2D eigenvalue weighted by molar-refractivity contribution is -0.116. The Balaban J connectivity index is 1.64. The molecule has 4 heteroatoms. The fourth-order valence-electron chi connectivity index (χ4n) is 3.86. The number of para-hydroxylation sites is 1. The van der Waals surface area contributed by atoms with Gasteiger partial charge in [0, 0.05) is 13.1 Å². The largest absolute Gasteiger partial charge is 0.339 e. The van der Waals surface area contributed by atoms with Gasteiger partial charge in [0.05, 0.1) is 17.2 Å². The van der Waals surface area contributed by atoms with E-state index in [9.17, 15) is 9.59 Å². The van der Waals surface area contributed by atoms with E-state index in [1.807, 2.05) is 77.7 Å². The van der Waals surface area contributed by atoms with Crippen molar-refractivity contribution in [3.8, 4) is 0 Å². The van der Waals surface area contributed by atoms with E-state index >= 15 is 0 Å². The fraction of sp³-hybridized carbons (Fsp3) is 0.200. The molecule has 1 aliphatic heterocycles. The molecule has 4 nitrogen and oxygen atoms in total. The first-order chi connectivity index (χ1) is 14.2. The zero-order valence-corrected chi connectivity index (χ0v) is 16.3. The average molecular weight is 384 g/mol. The van der Waals surface area contributed by atoms with Crippen molar-refractivity contribution in [1.29, 1.82) is 0 Å². The minimum atomic E-state index is -0.452. The molecule has 0 saturated carbocycles. The third-order valence-electron chi connectivity index (χ3n) is 5.34. The van der Waals surface area contributed by atoms with Crippen LogP contribution in [-0.4, -0.2) is 29.8 Å². The quantitative estimate of drug-likeness (QED) is 0.694. The maximum Gasteiger partial charge on any atom is 0.255 e. The molecule has 1 fully saturated rings. The summed E-state index contributed by atoms with van der Waals surface area (Å²) in [6.07, 6.45) is 2.06. The number of benzene rings is 3. The van der Waals surface area contributed by atoms with Crippen molar-refractivity contribution in [1.82, 2.24) is 4.90 Å². The van der Waals surface area contributed by atoms with Crippen LogP contribution in [0.2, 0.25) is 0 Å². The summed E-state index contributed by atoms with van der Waals surface area (Å²) in [5.74, 6) is -0.620. The Kier molecular flexibility index (Phi) is 5.71. The maximum atomic E-state index is 13.4. The van der Waals surface area contributed by atoms with Crippen molar-refractivity contribution in [2.75, 3.05) is 18.4 Å². The number of likely N-dealkylation sites (tertiary alicyclic amines) is 1. The molecule has 1 aliphatic rings. The summed E-state index contributed by atoms with van der Waals surface area (Å²) >= 11 is 0. The number of nitrogens with zero attached hydrogens (tertiary/aromatic N) is 1. The summed E-state index contributed by atoms with van der Waals surface area (Å²) in [4.78, 5) is 28.2.